The number of hydrogen-bond acceptors (Lipinski definition) is 2. The molecule has 0 spiro atoms. The van der Waals surface area contributed by atoms with Crippen molar-refractivity contribution in [3.05, 3.63) is 30.0 Å². The average molecular weight is 175 g/mol. The molecule has 1 aromatic carbocycles. The van der Waals surface area contributed by atoms with Crippen LogP contribution in [0.3, 0.4) is 0 Å². The molecule has 0 radical (unpaired) electrons. The lowest BCUT2D eigenvalue weighted by molar-refractivity contribution is 0.101. The average Bonchev–Trinajstić information content (AvgIpc) is 2.51. The van der Waals surface area contributed by atoms with Gasteiger partial charge in [0, 0.05) is 17.1 Å². The maximum Gasteiger partial charge on any atom is 0.159 e. The molecule has 0 atom stereocenters. The van der Waals surface area contributed by atoms with Gasteiger partial charge in [-0.05, 0) is 25.1 Å². The predicted octanol–water partition coefficient (Wildman–Crippen LogP) is 2.08. The summed E-state index contributed by atoms with van der Waals surface area (Å²) in [4.78, 5) is 13.9. The molecule has 0 aliphatic carbocycles. The number of aromatic hydroxyl groups is 1. The number of phenols is 1. The summed E-state index contributed by atoms with van der Waals surface area (Å²) in [7, 11) is 0. The molecule has 0 saturated heterocycles. The number of Topliss-reactive ketones (excluding diaryl/α,β-unsaturated/α-hetero) is 1. The number of phenolic OH excluding ortho intramolecular Hbond substituents is 1. The third-order valence-corrected chi connectivity index (χ3v) is 2.05. The van der Waals surface area contributed by atoms with Crippen LogP contribution in [0.15, 0.2) is 24.4 Å². The molecule has 13 heavy (non-hydrogen) atoms. The Morgan fingerprint density at radius 2 is 2.23 bits per heavy atom. The third-order valence-electron chi connectivity index (χ3n) is 2.05. The lowest BCUT2D eigenvalue weighted by Crippen LogP contribution is -1.90. The van der Waals surface area contributed by atoms with Crippen molar-refractivity contribution in [2.75, 3.05) is 0 Å². The molecule has 0 amide bonds. The second kappa shape index (κ2) is 2.62. The fourth-order valence-electron chi connectivity index (χ4n) is 1.36. The van der Waals surface area contributed by atoms with Gasteiger partial charge >= 0.3 is 0 Å². The van der Waals surface area contributed by atoms with E-state index in [9.17, 15) is 9.90 Å². The van der Waals surface area contributed by atoms with Crippen LogP contribution in [-0.2, 0) is 0 Å². The summed E-state index contributed by atoms with van der Waals surface area (Å²) in [5, 5.41) is 10.4. The number of hydrogen-bond donors (Lipinski definition) is 2. The number of nitrogens with one attached hydrogen (secondary N) is 1. The summed E-state index contributed by atoms with van der Waals surface area (Å²) in [5.74, 6) is 0.0751. The highest BCUT2D eigenvalue weighted by Gasteiger charge is 2.06. The summed E-state index contributed by atoms with van der Waals surface area (Å²) < 4.78 is 0. The fourth-order valence-corrected chi connectivity index (χ4v) is 1.36. The Morgan fingerprint density at radius 1 is 1.46 bits per heavy atom. The van der Waals surface area contributed by atoms with Crippen LogP contribution in [0.2, 0.25) is 0 Å². The van der Waals surface area contributed by atoms with Crippen LogP contribution in [0.4, 0.5) is 0 Å². The van der Waals surface area contributed by atoms with Gasteiger partial charge in [0.05, 0.1) is 5.52 Å². The molecule has 0 aliphatic rings. The first-order valence-electron chi connectivity index (χ1n) is 3.99. The molecule has 1 aromatic heterocycles. The van der Waals surface area contributed by atoms with E-state index < -0.39 is 0 Å². The molecule has 0 unspecified atom stereocenters. The molecule has 2 aromatic rings. The maximum absolute atomic E-state index is 11.0. The van der Waals surface area contributed by atoms with Gasteiger partial charge < -0.3 is 10.1 Å². The van der Waals surface area contributed by atoms with Gasteiger partial charge in [0.15, 0.2) is 5.78 Å². The van der Waals surface area contributed by atoms with Gasteiger partial charge in [0.25, 0.3) is 0 Å². The van der Waals surface area contributed by atoms with E-state index in [1.54, 1.807) is 12.3 Å². The second-order valence-electron chi connectivity index (χ2n) is 2.99. The van der Waals surface area contributed by atoms with Crippen LogP contribution < -0.4 is 0 Å². The Morgan fingerprint density at radius 3 is 2.92 bits per heavy atom. The monoisotopic (exact) mass is 175 g/mol. The third kappa shape index (κ3) is 1.18. The lowest BCUT2D eigenvalue weighted by Gasteiger charge is -1.98. The largest absolute Gasteiger partial charge is 0.506 e. The normalized spacial score (nSPS) is 10.5. The van der Waals surface area contributed by atoms with E-state index in [2.05, 4.69) is 4.98 Å². The zero-order chi connectivity index (χ0) is 9.42. The van der Waals surface area contributed by atoms with Crippen molar-refractivity contribution >= 4 is 16.7 Å². The van der Waals surface area contributed by atoms with Gasteiger partial charge in [-0.2, -0.15) is 0 Å². The first kappa shape index (κ1) is 7.86. The zero-order valence-corrected chi connectivity index (χ0v) is 7.16. The second-order valence-corrected chi connectivity index (χ2v) is 2.99. The van der Waals surface area contributed by atoms with Gasteiger partial charge in [-0.25, -0.2) is 0 Å². The summed E-state index contributed by atoms with van der Waals surface area (Å²) in [6.45, 7) is 1.48. The molecule has 2 N–H and O–H groups in total. The minimum Gasteiger partial charge on any atom is -0.506 e. The molecule has 3 nitrogen and oxygen atoms in total. The number of aromatic nitrogens is 1. The maximum atomic E-state index is 11.0. The van der Waals surface area contributed by atoms with Crippen molar-refractivity contribution in [2.45, 2.75) is 6.92 Å². The molecule has 0 fully saturated rings. The number of rotatable bonds is 1. The predicted molar refractivity (Wildman–Crippen MR) is 50.0 cm³/mol. The molecular weight excluding hydrogens is 166 g/mol. The number of carbonyl (C=O) groups is 1. The highest BCUT2D eigenvalue weighted by atomic mass is 16.3. The van der Waals surface area contributed by atoms with Gasteiger partial charge in [-0.15, -0.1) is 0 Å². The number of fused-ring (bicyclic) bond motifs is 1. The van der Waals surface area contributed by atoms with Crippen LogP contribution >= 0.6 is 0 Å². The van der Waals surface area contributed by atoms with Crippen LogP contribution in [0.25, 0.3) is 10.9 Å². The number of ketones is 1. The summed E-state index contributed by atoms with van der Waals surface area (Å²) in [5.41, 5.74) is 1.20. The Balaban J connectivity index is 2.77. The number of H-pyrrole nitrogens is 1. The minimum atomic E-state index is -0.0431. The molecule has 1 heterocycles. The van der Waals surface area contributed by atoms with E-state index in [4.69, 9.17) is 0 Å². The lowest BCUT2D eigenvalue weighted by atomic mass is 10.1. The molecule has 0 saturated carbocycles. The smallest absolute Gasteiger partial charge is 0.159 e. The highest BCUT2D eigenvalue weighted by molar-refractivity contribution is 5.99. The number of carbonyl (C=O) groups excluding carboxylic acids is 1. The van der Waals surface area contributed by atoms with Crippen molar-refractivity contribution in [1.29, 1.82) is 0 Å². The summed E-state index contributed by atoms with van der Waals surface area (Å²) >= 11 is 0. The van der Waals surface area contributed by atoms with Gasteiger partial charge in [-0.1, -0.05) is 0 Å². The van der Waals surface area contributed by atoms with Gasteiger partial charge in [0.1, 0.15) is 5.75 Å². The van der Waals surface area contributed by atoms with Crippen LogP contribution in [0.1, 0.15) is 17.3 Å². The van der Waals surface area contributed by atoms with Gasteiger partial charge in [0.2, 0.25) is 0 Å². The Kier molecular flexibility index (Phi) is 1.59. The number of benzene rings is 1. The Labute approximate surface area is 75.0 Å². The fraction of sp³-hybridized carbons (Fsp3) is 0.100. The minimum absolute atomic E-state index is 0.0431. The first-order valence-corrected chi connectivity index (χ1v) is 3.99. The van der Waals surface area contributed by atoms with Crippen molar-refractivity contribution in [1.82, 2.24) is 4.98 Å². The Hall–Kier alpha value is -1.77. The van der Waals surface area contributed by atoms with Crippen molar-refractivity contribution in [3.8, 4) is 5.75 Å². The van der Waals surface area contributed by atoms with E-state index >= 15 is 0 Å². The van der Waals surface area contributed by atoms with Crippen molar-refractivity contribution in [3.63, 3.8) is 0 Å². The SMILES string of the molecule is CC(=O)c1cc(O)c2[nH]ccc2c1. The molecular formula is C10H9NO2. The number of aromatic amines is 1. The van der Waals surface area contributed by atoms with Crippen molar-refractivity contribution in [2.24, 2.45) is 0 Å². The van der Waals surface area contributed by atoms with E-state index in [0.29, 0.717) is 11.1 Å². The summed E-state index contributed by atoms with van der Waals surface area (Å²) in [6, 6.07) is 5.05. The van der Waals surface area contributed by atoms with Crippen LogP contribution in [0.5, 0.6) is 5.75 Å². The molecule has 66 valence electrons. The first-order chi connectivity index (χ1) is 6.18. The standard InChI is InChI=1S/C10H9NO2/c1-6(12)8-4-7-2-3-11-10(7)9(13)5-8/h2-5,11,13H,1H3. The zero-order valence-electron chi connectivity index (χ0n) is 7.16. The molecule has 0 bridgehead atoms. The molecule has 0 aliphatic heterocycles. The van der Waals surface area contributed by atoms with Crippen LogP contribution in [-0.4, -0.2) is 15.9 Å². The van der Waals surface area contributed by atoms with Crippen LogP contribution in [0, 0.1) is 0 Å². The van der Waals surface area contributed by atoms with E-state index in [0.717, 1.165) is 5.39 Å². The molecule has 3 heteroatoms. The summed E-state index contributed by atoms with van der Waals surface area (Å²) in [6.07, 6.45) is 1.73. The van der Waals surface area contributed by atoms with Crippen molar-refractivity contribution < 1.29 is 9.90 Å². The van der Waals surface area contributed by atoms with E-state index in [-0.39, 0.29) is 11.5 Å². The van der Waals surface area contributed by atoms with E-state index in [1.807, 2.05) is 6.07 Å². The Bertz CT molecular complexity index is 471. The van der Waals surface area contributed by atoms with Gasteiger partial charge in [-0.3, -0.25) is 4.79 Å². The molecule has 2 rings (SSSR count). The topological polar surface area (TPSA) is 53.1 Å². The van der Waals surface area contributed by atoms with E-state index in [1.165, 1.54) is 13.0 Å². The highest BCUT2D eigenvalue weighted by Crippen LogP contribution is 2.25. The quantitative estimate of drug-likeness (QED) is 0.652.